The van der Waals surface area contributed by atoms with Crippen LogP contribution in [0.3, 0.4) is 0 Å². The van der Waals surface area contributed by atoms with Gasteiger partial charge in [-0.05, 0) is 68.0 Å². The largest absolute Gasteiger partial charge is 0.508 e. The summed E-state index contributed by atoms with van der Waals surface area (Å²) in [6, 6.07) is 15.4. The molecule has 1 heterocycles. The summed E-state index contributed by atoms with van der Waals surface area (Å²) < 4.78 is 5.86. The fourth-order valence-electron chi connectivity index (χ4n) is 3.49. The average molecular weight is 431 g/mol. The highest BCUT2D eigenvalue weighted by atomic mass is 16.5. The smallest absolute Gasteiger partial charge is 0.159 e. The molecule has 0 aliphatic rings. The molecule has 32 heavy (non-hydrogen) atoms. The molecule has 1 unspecified atom stereocenters. The van der Waals surface area contributed by atoms with Crippen LogP contribution in [0.25, 0.3) is 28.6 Å². The Bertz CT molecular complexity index is 948. The fourth-order valence-corrected chi connectivity index (χ4v) is 3.49. The Hall–Kier alpha value is -2.98. The van der Waals surface area contributed by atoms with Gasteiger partial charge in [0, 0.05) is 30.1 Å². The minimum Gasteiger partial charge on any atom is -0.508 e. The van der Waals surface area contributed by atoms with Crippen LogP contribution in [-0.4, -0.2) is 27.8 Å². The second-order valence-electron chi connectivity index (χ2n) is 8.19. The number of aromatic hydroxyl groups is 1. The number of hydrogen-bond donors (Lipinski definition) is 1. The minimum atomic E-state index is 0.237. The third kappa shape index (κ3) is 7.61. The Morgan fingerprint density at radius 3 is 2.25 bits per heavy atom. The van der Waals surface area contributed by atoms with E-state index < -0.39 is 0 Å². The fraction of sp³-hybridized carbons (Fsp3) is 0.357. The number of phenolic OH excluding ortho intramolecular Hbond substituents is 1. The molecule has 0 saturated carbocycles. The molecular formula is C28H34N2O2. The first-order valence-electron chi connectivity index (χ1n) is 11.7. The van der Waals surface area contributed by atoms with E-state index in [2.05, 4.69) is 60.2 Å². The molecular weight excluding hydrogens is 396 g/mol. The van der Waals surface area contributed by atoms with Gasteiger partial charge in [-0.1, -0.05) is 56.2 Å². The summed E-state index contributed by atoms with van der Waals surface area (Å²) in [5.74, 6) is 0.884. The van der Waals surface area contributed by atoms with E-state index in [-0.39, 0.29) is 5.75 Å². The van der Waals surface area contributed by atoms with Crippen molar-refractivity contribution in [2.45, 2.75) is 58.5 Å². The van der Waals surface area contributed by atoms with E-state index in [1.54, 1.807) is 12.1 Å². The lowest BCUT2D eigenvalue weighted by Gasteiger charge is -2.12. The Morgan fingerprint density at radius 1 is 0.875 bits per heavy atom. The van der Waals surface area contributed by atoms with E-state index in [1.807, 2.05) is 24.5 Å². The van der Waals surface area contributed by atoms with Crippen molar-refractivity contribution in [3.05, 3.63) is 72.6 Å². The molecule has 0 bridgehead atoms. The van der Waals surface area contributed by atoms with Crippen molar-refractivity contribution < 1.29 is 9.84 Å². The summed E-state index contributed by atoms with van der Waals surface area (Å²) in [5.41, 5.74) is 4.15. The topological polar surface area (TPSA) is 55.2 Å². The normalized spacial score (nSPS) is 12.3. The Balaban J connectivity index is 1.45. The molecule has 1 atom stereocenters. The van der Waals surface area contributed by atoms with Gasteiger partial charge in [0.15, 0.2) is 5.82 Å². The van der Waals surface area contributed by atoms with Gasteiger partial charge < -0.3 is 9.84 Å². The molecule has 0 radical (unpaired) electrons. The highest BCUT2D eigenvalue weighted by molar-refractivity contribution is 5.66. The highest BCUT2D eigenvalue weighted by Gasteiger charge is 2.04. The number of rotatable bonds is 12. The zero-order valence-electron chi connectivity index (χ0n) is 19.2. The third-order valence-corrected chi connectivity index (χ3v) is 5.46. The van der Waals surface area contributed by atoms with E-state index in [0.717, 1.165) is 42.6 Å². The van der Waals surface area contributed by atoms with Crippen LogP contribution >= 0.6 is 0 Å². The first kappa shape index (κ1) is 23.7. The number of allylic oxidation sites excluding steroid dienone is 1. The number of phenols is 1. The Kier molecular flexibility index (Phi) is 9.45. The van der Waals surface area contributed by atoms with Crippen LogP contribution in [-0.2, 0) is 4.74 Å². The average Bonchev–Trinajstić information content (AvgIpc) is 2.83. The zero-order valence-corrected chi connectivity index (χ0v) is 19.2. The first-order chi connectivity index (χ1) is 15.7. The van der Waals surface area contributed by atoms with Gasteiger partial charge in [-0.2, -0.15) is 0 Å². The molecule has 0 aliphatic carbocycles. The second-order valence-corrected chi connectivity index (χ2v) is 8.19. The maximum absolute atomic E-state index is 9.41. The van der Waals surface area contributed by atoms with Crippen LogP contribution in [0.2, 0.25) is 0 Å². The van der Waals surface area contributed by atoms with Gasteiger partial charge in [0.2, 0.25) is 0 Å². The summed E-state index contributed by atoms with van der Waals surface area (Å²) in [6.07, 6.45) is 15.4. The number of unbranched alkanes of at least 4 members (excludes halogenated alkanes) is 3. The summed E-state index contributed by atoms with van der Waals surface area (Å²) in [5, 5.41) is 9.41. The maximum Gasteiger partial charge on any atom is 0.159 e. The van der Waals surface area contributed by atoms with Gasteiger partial charge >= 0.3 is 0 Å². The van der Waals surface area contributed by atoms with Gasteiger partial charge in [0.1, 0.15) is 5.75 Å². The Labute approximate surface area is 192 Å². The molecule has 1 aromatic heterocycles. The van der Waals surface area contributed by atoms with Gasteiger partial charge in [-0.25, -0.2) is 9.97 Å². The monoisotopic (exact) mass is 430 g/mol. The van der Waals surface area contributed by atoms with Gasteiger partial charge in [-0.15, -0.1) is 0 Å². The molecule has 0 aliphatic heterocycles. The van der Waals surface area contributed by atoms with Gasteiger partial charge in [0.05, 0.1) is 6.10 Å². The minimum absolute atomic E-state index is 0.237. The van der Waals surface area contributed by atoms with Gasteiger partial charge in [0.25, 0.3) is 0 Å². The van der Waals surface area contributed by atoms with E-state index in [0.29, 0.717) is 11.9 Å². The van der Waals surface area contributed by atoms with Crippen molar-refractivity contribution in [2.24, 2.45) is 0 Å². The number of benzene rings is 2. The maximum atomic E-state index is 9.41. The molecule has 168 valence electrons. The van der Waals surface area contributed by atoms with Crippen LogP contribution in [0.15, 0.2) is 67.0 Å². The summed E-state index contributed by atoms with van der Waals surface area (Å²) in [7, 11) is 0. The van der Waals surface area contributed by atoms with Crippen LogP contribution in [0.5, 0.6) is 5.75 Å². The zero-order chi connectivity index (χ0) is 22.6. The van der Waals surface area contributed by atoms with Gasteiger partial charge in [-0.3, -0.25) is 0 Å². The number of nitrogens with zero attached hydrogens (tertiary/aromatic N) is 2. The van der Waals surface area contributed by atoms with Crippen molar-refractivity contribution in [1.82, 2.24) is 9.97 Å². The molecule has 0 amide bonds. The molecule has 4 nitrogen and oxygen atoms in total. The summed E-state index contributed by atoms with van der Waals surface area (Å²) in [6.45, 7) is 5.28. The lowest BCUT2D eigenvalue weighted by Crippen LogP contribution is -2.08. The van der Waals surface area contributed by atoms with E-state index in [9.17, 15) is 5.11 Å². The van der Waals surface area contributed by atoms with E-state index >= 15 is 0 Å². The SMILES string of the molecule is CCCCCOC(C)CCCC=Cc1ccc(-c2cnc(-c3ccc(O)cc3)nc2)cc1. The first-order valence-corrected chi connectivity index (χ1v) is 11.7. The van der Waals surface area contributed by atoms with Crippen molar-refractivity contribution in [3.8, 4) is 28.3 Å². The quantitative estimate of drug-likeness (QED) is 0.306. The standard InChI is InChI=1S/C28H34N2O2/c1-3-4-8-19-32-22(2)9-6-5-7-10-23-11-13-24(14-12-23)26-20-29-28(30-21-26)25-15-17-27(31)18-16-25/h7,10-18,20-22,31H,3-6,8-9,19H2,1-2H3. The molecule has 3 rings (SSSR count). The molecule has 1 N–H and O–H groups in total. The van der Waals surface area contributed by atoms with Crippen molar-refractivity contribution in [2.75, 3.05) is 6.61 Å². The van der Waals surface area contributed by atoms with Crippen LogP contribution in [0.1, 0.15) is 57.9 Å². The number of aromatic nitrogens is 2. The molecule has 0 spiro atoms. The van der Waals surface area contributed by atoms with Crippen LogP contribution in [0, 0.1) is 0 Å². The van der Waals surface area contributed by atoms with Crippen molar-refractivity contribution in [3.63, 3.8) is 0 Å². The summed E-state index contributed by atoms with van der Waals surface area (Å²) >= 11 is 0. The third-order valence-electron chi connectivity index (χ3n) is 5.46. The molecule has 2 aromatic carbocycles. The van der Waals surface area contributed by atoms with E-state index in [1.165, 1.54) is 24.8 Å². The number of hydrogen-bond acceptors (Lipinski definition) is 4. The molecule has 4 heteroatoms. The molecule has 0 fully saturated rings. The Morgan fingerprint density at radius 2 is 1.56 bits per heavy atom. The van der Waals surface area contributed by atoms with Crippen LogP contribution < -0.4 is 0 Å². The van der Waals surface area contributed by atoms with E-state index in [4.69, 9.17) is 4.74 Å². The number of ether oxygens (including phenoxy) is 1. The second kappa shape index (κ2) is 12.8. The summed E-state index contributed by atoms with van der Waals surface area (Å²) in [4.78, 5) is 8.94. The highest BCUT2D eigenvalue weighted by Crippen LogP contribution is 2.22. The molecule has 3 aromatic rings. The van der Waals surface area contributed by atoms with Crippen molar-refractivity contribution in [1.29, 1.82) is 0 Å². The molecule has 0 saturated heterocycles. The lowest BCUT2D eigenvalue weighted by molar-refractivity contribution is 0.0566. The van der Waals surface area contributed by atoms with Crippen LogP contribution in [0.4, 0.5) is 0 Å². The predicted molar refractivity (Wildman–Crippen MR) is 132 cm³/mol. The predicted octanol–water partition coefficient (Wildman–Crippen LogP) is 7.30. The van der Waals surface area contributed by atoms with Crippen molar-refractivity contribution >= 4 is 6.08 Å². The lowest BCUT2D eigenvalue weighted by atomic mass is 10.1.